The molecule has 3 rings (SSSR count). The summed E-state index contributed by atoms with van der Waals surface area (Å²) in [6.07, 6.45) is 4.01. The predicted molar refractivity (Wildman–Crippen MR) is 77.2 cm³/mol. The molecule has 0 radical (unpaired) electrons. The third-order valence-electron chi connectivity index (χ3n) is 4.33. The lowest BCUT2D eigenvalue weighted by atomic mass is 10.1. The fourth-order valence-corrected chi connectivity index (χ4v) is 3.25. The van der Waals surface area contributed by atoms with Crippen molar-refractivity contribution in [3.05, 3.63) is 17.6 Å². The minimum atomic E-state index is 0.490. The van der Waals surface area contributed by atoms with E-state index in [4.69, 9.17) is 5.73 Å². The lowest BCUT2D eigenvalue weighted by Gasteiger charge is -2.31. The Labute approximate surface area is 113 Å². The summed E-state index contributed by atoms with van der Waals surface area (Å²) < 4.78 is 2.36. The van der Waals surface area contributed by atoms with Gasteiger partial charge < -0.3 is 15.2 Å². The number of anilines is 1. The highest BCUT2D eigenvalue weighted by Gasteiger charge is 2.24. The van der Waals surface area contributed by atoms with Gasteiger partial charge >= 0.3 is 0 Å². The summed E-state index contributed by atoms with van der Waals surface area (Å²) in [5.41, 5.74) is 9.49. The highest BCUT2D eigenvalue weighted by molar-refractivity contribution is 5.90. The molecule has 3 heterocycles. The largest absolute Gasteiger partial charge is 0.383 e. The number of aromatic nitrogens is 3. The molecule has 102 valence electrons. The number of hydrogen-bond acceptors (Lipinski definition) is 4. The lowest BCUT2D eigenvalue weighted by Crippen LogP contribution is -2.34. The van der Waals surface area contributed by atoms with Gasteiger partial charge in [0.25, 0.3) is 0 Å². The van der Waals surface area contributed by atoms with Gasteiger partial charge in [0, 0.05) is 18.3 Å². The summed E-state index contributed by atoms with van der Waals surface area (Å²) in [7, 11) is 2.18. The number of nitrogens with two attached hydrogens (primary N) is 1. The van der Waals surface area contributed by atoms with Crippen LogP contribution in [-0.2, 0) is 0 Å². The van der Waals surface area contributed by atoms with E-state index in [0.717, 1.165) is 17.6 Å². The Morgan fingerprint density at radius 2 is 2.11 bits per heavy atom. The maximum atomic E-state index is 6.02. The fourth-order valence-electron chi connectivity index (χ4n) is 3.25. The van der Waals surface area contributed by atoms with E-state index in [1.165, 1.54) is 30.6 Å². The molecule has 5 nitrogen and oxygen atoms in total. The molecular weight excluding hydrogens is 238 g/mol. The monoisotopic (exact) mass is 259 g/mol. The summed E-state index contributed by atoms with van der Waals surface area (Å²) in [6, 6.07) is 0.490. The van der Waals surface area contributed by atoms with Gasteiger partial charge in [-0.15, -0.1) is 0 Å². The third-order valence-corrected chi connectivity index (χ3v) is 4.33. The molecule has 1 aliphatic rings. The molecule has 1 saturated heterocycles. The Morgan fingerprint density at radius 1 is 1.32 bits per heavy atom. The van der Waals surface area contributed by atoms with Crippen molar-refractivity contribution in [1.29, 1.82) is 0 Å². The van der Waals surface area contributed by atoms with Crippen LogP contribution in [0, 0.1) is 13.8 Å². The standard InChI is InChI=1S/C14H21N5/c1-9-10(2)19(11-5-4-6-18(3)7-11)14-12(9)13(15)16-8-17-14/h8,11H,4-7H2,1-3H3,(H2,15,16,17). The number of fused-ring (bicyclic) bond motifs is 1. The average Bonchev–Trinajstić information content (AvgIpc) is 2.63. The van der Waals surface area contributed by atoms with Crippen molar-refractivity contribution < 1.29 is 0 Å². The van der Waals surface area contributed by atoms with Gasteiger partial charge in [0.05, 0.1) is 5.39 Å². The van der Waals surface area contributed by atoms with Crippen LogP contribution in [0.4, 0.5) is 5.82 Å². The zero-order chi connectivity index (χ0) is 13.6. The van der Waals surface area contributed by atoms with Crippen molar-refractivity contribution in [1.82, 2.24) is 19.4 Å². The van der Waals surface area contributed by atoms with Crippen LogP contribution >= 0.6 is 0 Å². The summed E-state index contributed by atoms with van der Waals surface area (Å²) in [5.74, 6) is 0.591. The second-order valence-electron chi connectivity index (χ2n) is 5.60. The van der Waals surface area contributed by atoms with Crippen molar-refractivity contribution in [3.8, 4) is 0 Å². The van der Waals surface area contributed by atoms with E-state index in [0.29, 0.717) is 11.9 Å². The molecule has 19 heavy (non-hydrogen) atoms. The van der Waals surface area contributed by atoms with E-state index in [1.54, 1.807) is 6.33 Å². The van der Waals surface area contributed by atoms with Gasteiger partial charge in [-0.1, -0.05) is 0 Å². The highest BCUT2D eigenvalue weighted by atomic mass is 15.2. The van der Waals surface area contributed by atoms with Gasteiger partial charge in [-0.25, -0.2) is 9.97 Å². The molecule has 1 unspecified atom stereocenters. The van der Waals surface area contributed by atoms with Crippen LogP contribution in [0.5, 0.6) is 0 Å². The van der Waals surface area contributed by atoms with Crippen LogP contribution < -0.4 is 5.73 Å². The minimum Gasteiger partial charge on any atom is -0.383 e. The average molecular weight is 259 g/mol. The predicted octanol–water partition coefficient (Wildman–Crippen LogP) is 1.90. The Morgan fingerprint density at radius 3 is 2.84 bits per heavy atom. The first-order valence-corrected chi connectivity index (χ1v) is 6.85. The number of nitrogen functional groups attached to an aromatic ring is 1. The SMILES string of the molecule is Cc1c(C)n(C2CCCN(C)C2)c2ncnc(N)c12. The summed E-state index contributed by atoms with van der Waals surface area (Å²) in [4.78, 5) is 11.0. The molecule has 2 aromatic heterocycles. The first-order valence-electron chi connectivity index (χ1n) is 6.85. The van der Waals surface area contributed by atoms with E-state index in [1.807, 2.05) is 0 Å². The molecule has 1 atom stereocenters. The summed E-state index contributed by atoms with van der Waals surface area (Å²) in [6.45, 7) is 6.53. The first kappa shape index (κ1) is 12.4. The van der Waals surface area contributed by atoms with Crippen LogP contribution in [0.3, 0.4) is 0 Å². The van der Waals surface area contributed by atoms with E-state index >= 15 is 0 Å². The van der Waals surface area contributed by atoms with Crippen molar-refractivity contribution >= 4 is 16.9 Å². The number of rotatable bonds is 1. The van der Waals surface area contributed by atoms with E-state index < -0.39 is 0 Å². The Hall–Kier alpha value is -1.62. The number of likely N-dealkylation sites (tertiary alicyclic amines) is 1. The number of nitrogens with zero attached hydrogens (tertiary/aromatic N) is 4. The molecule has 1 aliphatic heterocycles. The van der Waals surface area contributed by atoms with Gasteiger partial charge in [0.2, 0.25) is 0 Å². The molecule has 0 aromatic carbocycles. The number of hydrogen-bond donors (Lipinski definition) is 1. The normalized spacial score (nSPS) is 21.1. The van der Waals surface area contributed by atoms with Gasteiger partial charge in [0.15, 0.2) is 0 Å². The molecule has 2 aromatic rings. The Bertz CT molecular complexity index is 616. The zero-order valence-electron chi connectivity index (χ0n) is 11.8. The Balaban J connectivity index is 2.18. The van der Waals surface area contributed by atoms with Crippen LogP contribution in [-0.4, -0.2) is 39.6 Å². The molecule has 0 bridgehead atoms. The molecule has 0 aliphatic carbocycles. The molecule has 1 fully saturated rings. The quantitative estimate of drug-likeness (QED) is 0.849. The molecule has 0 spiro atoms. The van der Waals surface area contributed by atoms with E-state index in [2.05, 4.69) is 40.3 Å². The smallest absolute Gasteiger partial charge is 0.146 e. The van der Waals surface area contributed by atoms with Crippen LogP contribution in [0.1, 0.15) is 30.1 Å². The highest BCUT2D eigenvalue weighted by Crippen LogP contribution is 2.32. The molecular formula is C14H21N5. The molecule has 0 saturated carbocycles. The van der Waals surface area contributed by atoms with Crippen molar-refractivity contribution in [2.45, 2.75) is 32.7 Å². The molecule has 2 N–H and O–H groups in total. The molecule has 5 heteroatoms. The van der Waals surface area contributed by atoms with Gasteiger partial charge in [0.1, 0.15) is 17.8 Å². The Kier molecular flexibility index (Phi) is 2.93. The van der Waals surface area contributed by atoms with Gasteiger partial charge in [-0.05, 0) is 45.8 Å². The van der Waals surface area contributed by atoms with Crippen LogP contribution in [0.15, 0.2) is 6.33 Å². The van der Waals surface area contributed by atoms with Crippen molar-refractivity contribution in [3.63, 3.8) is 0 Å². The van der Waals surface area contributed by atoms with Crippen molar-refractivity contribution in [2.75, 3.05) is 25.9 Å². The van der Waals surface area contributed by atoms with Crippen LogP contribution in [0.25, 0.3) is 11.0 Å². The molecule has 0 amide bonds. The van der Waals surface area contributed by atoms with E-state index in [9.17, 15) is 0 Å². The number of aryl methyl sites for hydroxylation is 1. The maximum absolute atomic E-state index is 6.02. The first-order chi connectivity index (χ1) is 9.09. The minimum absolute atomic E-state index is 0.490. The summed E-state index contributed by atoms with van der Waals surface area (Å²) >= 11 is 0. The maximum Gasteiger partial charge on any atom is 0.146 e. The third kappa shape index (κ3) is 1.89. The second-order valence-corrected chi connectivity index (χ2v) is 5.60. The zero-order valence-corrected chi connectivity index (χ0v) is 11.8. The van der Waals surface area contributed by atoms with Gasteiger partial charge in [-0.2, -0.15) is 0 Å². The number of piperidine rings is 1. The lowest BCUT2D eigenvalue weighted by molar-refractivity contribution is 0.213. The van der Waals surface area contributed by atoms with Gasteiger partial charge in [-0.3, -0.25) is 0 Å². The van der Waals surface area contributed by atoms with E-state index in [-0.39, 0.29) is 0 Å². The second kappa shape index (κ2) is 4.49. The van der Waals surface area contributed by atoms with Crippen molar-refractivity contribution in [2.24, 2.45) is 0 Å². The number of likely N-dealkylation sites (N-methyl/N-ethyl adjacent to an activating group) is 1. The fraction of sp³-hybridized carbons (Fsp3) is 0.571. The summed E-state index contributed by atoms with van der Waals surface area (Å²) in [5, 5.41) is 1.02. The topological polar surface area (TPSA) is 60.0 Å². The van der Waals surface area contributed by atoms with Crippen LogP contribution in [0.2, 0.25) is 0 Å².